The van der Waals surface area contributed by atoms with Gasteiger partial charge in [-0.2, -0.15) is 0 Å². The second kappa shape index (κ2) is 5.06. The van der Waals surface area contributed by atoms with Gasteiger partial charge >= 0.3 is 11.8 Å². The van der Waals surface area contributed by atoms with Crippen molar-refractivity contribution in [2.75, 3.05) is 7.11 Å². The summed E-state index contributed by atoms with van der Waals surface area (Å²) in [4.78, 5) is 19.7. The van der Waals surface area contributed by atoms with Crippen molar-refractivity contribution < 1.29 is 19.5 Å². The van der Waals surface area contributed by atoms with E-state index in [1.807, 2.05) is 22.6 Å². The molecule has 0 fully saturated rings. The van der Waals surface area contributed by atoms with E-state index in [9.17, 15) is 4.79 Å². The maximum absolute atomic E-state index is 10.7. The van der Waals surface area contributed by atoms with E-state index in [4.69, 9.17) is 9.94 Å². The van der Waals surface area contributed by atoms with Gasteiger partial charge in [0.2, 0.25) is 0 Å². The predicted molar refractivity (Wildman–Crippen MR) is 62.6 cm³/mol. The molecule has 1 rings (SSSR count). The minimum absolute atomic E-state index is 0.162. The number of rotatable bonds is 3. The first-order chi connectivity index (χ1) is 7.10. The molecule has 0 aliphatic rings. The van der Waals surface area contributed by atoms with Crippen LogP contribution in [0.15, 0.2) is 12.3 Å². The normalized spacial score (nSPS) is 11.3. The SMILES string of the molecule is CC=[N+](OC)c1ncc(C(=O)O)cc1I. The lowest BCUT2D eigenvalue weighted by Gasteiger charge is -2.00. The molecule has 1 heterocycles. The molecule has 0 aromatic carbocycles. The van der Waals surface area contributed by atoms with E-state index in [0.29, 0.717) is 9.39 Å². The van der Waals surface area contributed by atoms with E-state index < -0.39 is 5.97 Å². The molecule has 0 saturated heterocycles. The van der Waals surface area contributed by atoms with Gasteiger partial charge < -0.3 is 9.94 Å². The third-order valence-corrected chi connectivity index (χ3v) is 2.50. The predicted octanol–water partition coefficient (Wildman–Crippen LogP) is 1.68. The lowest BCUT2D eigenvalue weighted by molar-refractivity contribution is -0.720. The summed E-state index contributed by atoms with van der Waals surface area (Å²) in [6, 6.07) is 1.54. The fourth-order valence-corrected chi connectivity index (χ4v) is 1.74. The Morgan fingerprint density at radius 2 is 2.40 bits per heavy atom. The molecule has 0 atom stereocenters. The molecular weight excluding hydrogens is 311 g/mol. The number of carboxylic acids is 1. The number of aromatic nitrogens is 1. The van der Waals surface area contributed by atoms with Crippen LogP contribution in [0.25, 0.3) is 0 Å². The first kappa shape index (κ1) is 11.9. The molecule has 80 valence electrons. The Hall–Kier alpha value is -1.18. The van der Waals surface area contributed by atoms with Gasteiger partial charge in [0.25, 0.3) is 0 Å². The van der Waals surface area contributed by atoms with Crippen LogP contribution in [0.2, 0.25) is 0 Å². The molecule has 0 bridgehead atoms. The number of carbonyl (C=O) groups is 1. The molecule has 0 aliphatic carbocycles. The number of halogens is 1. The van der Waals surface area contributed by atoms with E-state index in [1.165, 1.54) is 18.0 Å². The maximum Gasteiger partial charge on any atom is 0.374 e. The first-order valence-corrected chi connectivity index (χ1v) is 5.19. The van der Waals surface area contributed by atoms with E-state index in [-0.39, 0.29) is 5.56 Å². The van der Waals surface area contributed by atoms with Crippen molar-refractivity contribution in [2.45, 2.75) is 6.92 Å². The van der Waals surface area contributed by atoms with Gasteiger partial charge in [0, 0.05) is 0 Å². The summed E-state index contributed by atoms with van der Waals surface area (Å²) in [7, 11) is 1.52. The number of aromatic carboxylic acids is 1. The zero-order valence-electron chi connectivity index (χ0n) is 8.27. The Balaban J connectivity index is 3.19. The molecule has 0 radical (unpaired) electrons. The molecule has 6 heteroatoms. The van der Waals surface area contributed by atoms with E-state index in [0.717, 1.165) is 0 Å². The third kappa shape index (κ3) is 2.65. The van der Waals surface area contributed by atoms with E-state index >= 15 is 0 Å². The van der Waals surface area contributed by atoms with Crippen LogP contribution in [0.3, 0.4) is 0 Å². The standard InChI is InChI=1S/C9H9IN2O3/c1-3-12(15-2)8-7(10)4-6(5-11-8)9(13)14/h3-5H,1-2H3/p+1. The molecule has 0 unspecified atom stereocenters. The summed E-state index contributed by atoms with van der Waals surface area (Å²) in [5, 5.41) is 8.76. The van der Waals surface area contributed by atoms with Crippen LogP contribution in [-0.4, -0.2) is 34.1 Å². The van der Waals surface area contributed by atoms with E-state index in [1.54, 1.807) is 19.2 Å². The van der Waals surface area contributed by atoms with Gasteiger partial charge in [-0.3, -0.25) is 0 Å². The number of hydrogen-bond acceptors (Lipinski definition) is 3. The maximum atomic E-state index is 10.7. The molecule has 15 heavy (non-hydrogen) atoms. The first-order valence-electron chi connectivity index (χ1n) is 4.11. The highest BCUT2D eigenvalue weighted by atomic mass is 127. The Morgan fingerprint density at radius 1 is 1.73 bits per heavy atom. The lowest BCUT2D eigenvalue weighted by Crippen LogP contribution is -2.08. The molecule has 0 spiro atoms. The number of hydrogen-bond donors (Lipinski definition) is 1. The van der Waals surface area contributed by atoms with Crippen LogP contribution in [0.5, 0.6) is 0 Å². The largest absolute Gasteiger partial charge is 0.478 e. The summed E-state index contributed by atoms with van der Waals surface area (Å²) in [6.07, 6.45) is 3.00. The highest BCUT2D eigenvalue weighted by Gasteiger charge is 2.18. The topological polar surface area (TPSA) is 62.4 Å². The summed E-state index contributed by atoms with van der Waals surface area (Å²) in [5.41, 5.74) is 0.162. The number of carboxylic acid groups (broad SMARTS) is 1. The second-order valence-electron chi connectivity index (χ2n) is 2.60. The Morgan fingerprint density at radius 3 is 2.80 bits per heavy atom. The van der Waals surface area contributed by atoms with Gasteiger partial charge in [-0.05, 0) is 45.3 Å². The number of nitrogens with zero attached hydrogens (tertiary/aromatic N) is 2. The smallest absolute Gasteiger partial charge is 0.374 e. The van der Waals surface area contributed by atoms with Gasteiger partial charge in [0.15, 0.2) is 6.20 Å². The van der Waals surface area contributed by atoms with E-state index in [2.05, 4.69) is 4.98 Å². The van der Waals surface area contributed by atoms with Crippen molar-refractivity contribution in [3.05, 3.63) is 21.4 Å². The molecule has 0 saturated carbocycles. The molecule has 5 nitrogen and oxygen atoms in total. The van der Waals surface area contributed by atoms with Crippen LogP contribution in [0, 0.1) is 3.57 Å². The second-order valence-corrected chi connectivity index (χ2v) is 3.76. The molecule has 0 amide bonds. The molecule has 1 aromatic rings. The average Bonchev–Trinajstić information content (AvgIpc) is 2.21. The van der Waals surface area contributed by atoms with Gasteiger partial charge in [-0.1, -0.05) is 0 Å². The Kier molecular flexibility index (Phi) is 4.01. The highest BCUT2D eigenvalue weighted by molar-refractivity contribution is 14.1. The van der Waals surface area contributed by atoms with Gasteiger partial charge in [-0.15, -0.1) is 0 Å². The Labute approximate surface area is 101 Å². The zero-order chi connectivity index (χ0) is 11.4. The van der Waals surface area contributed by atoms with Gasteiger partial charge in [-0.25, -0.2) is 4.79 Å². The average molecular weight is 321 g/mol. The van der Waals surface area contributed by atoms with Crippen LogP contribution >= 0.6 is 22.6 Å². The highest BCUT2D eigenvalue weighted by Crippen LogP contribution is 2.19. The fourth-order valence-electron chi connectivity index (χ4n) is 1.02. The van der Waals surface area contributed by atoms with Crippen LogP contribution < -0.4 is 0 Å². The van der Waals surface area contributed by atoms with Gasteiger partial charge in [0.1, 0.15) is 22.5 Å². The Bertz CT molecular complexity index is 418. The summed E-state index contributed by atoms with van der Waals surface area (Å²) >= 11 is 2.01. The van der Waals surface area contributed by atoms with Crippen molar-refractivity contribution in [2.24, 2.45) is 0 Å². The minimum Gasteiger partial charge on any atom is -0.478 e. The van der Waals surface area contributed by atoms with Crippen molar-refractivity contribution in [1.29, 1.82) is 0 Å². The van der Waals surface area contributed by atoms with Crippen molar-refractivity contribution in [1.82, 2.24) is 4.98 Å². The van der Waals surface area contributed by atoms with Crippen molar-refractivity contribution in [3.8, 4) is 0 Å². The van der Waals surface area contributed by atoms with Crippen LogP contribution in [0.1, 0.15) is 17.3 Å². The summed E-state index contributed by atoms with van der Waals surface area (Å²) in [6.45, 7) is 1.80. The quantitative estimate of drug-likeness (QED) is 0.398. The van der Waals surface area contributed by atoms with Crippen LogP contribution in [-0.2, 0) is 4.84 Å². The van der Waals surface area contributed by atoms with Crippen molar-refractivity contribution in [3.63, 3.8) is 0 Å². The fraction of sp³-hybridized carbons (Fsp3) is 0.222. The van der Waals surface area contributed by atoms with Crippen LogP contribution in [0.4, 0.5) is 5.82 Å². The monoisotopic (exact) mass is 321 g/mol. The lowest BCUT2D eigenvalue weighted by atomic mass is 10.3. The summed E-state index contributed by atoms with van der Waals surface area (Å²) in [5.74, 6) is -0.415. The third-order valence-electron chi connectivity index (χ3n) is 1.71. The van der Waals surface area contributed by atoms with Gasteiger partial charge in [0.05, 0.1) is 0 Å². The number of pyridine rings is 1. The van der Waals surface area contributed by atoms with Crippen molar-refractivity contribution >= 4 is 40.6 Å². The molecule has 1 aromatic heterocycles. The summed E-state index contributed by atoms with van der Waals surface area (Å²) < 4.78 is 2.18. The zero-order valence-corrected chi connectivity index (χ0v) is 10.4. The molecular formula is C9H10IN2O3+. The molecule has 0 aliphatic heterocycles. The molecule has 1 N–H and O–H groups in total. The minimum atomic E-state index is -0.989.